The monoisotopic (exact) mass is 305 g/mol. The topological polar surface area (TPSA) is 110 Å². The fourth-order valence-corrected chi connectivity index (χ4v) is 4.34. The minimum absolute atomic E-state index is 0.0631. The van der Waals surface area contributed by atoms with Crippen LogP contribution in [0.5, 0.6) is 0 Å². The van der Waals surface area contributed by atoms with E-state index in [-0.39, 0.29) is 22.8 Å². The van der Waals surface area contributed by atoms with Crippen molar-refractivity contribution in [2.75, 3.05) is 6.61 Å². The molecule has 1 atom stereocenters. The summed E-state index contributed by atoms with van der Waals surface area (Å²) in [5.74, 6) is -1.80. The van der Waals surface area contributed by atoms with Gasteiger partial charge >= 0.3 is 11.9 Å². The predicted octanol–water partition coefficient (Wildman–Crippen LogP) is 0.349. The van der Waals surface area contributed by atoms with E-state index < -0.39 is 28.0 Å². The summed E-state index contributed by atoms with van der Waals surface area (Å²) in [6.45, 7) is 1.69. The molecule has 0 saturated carbocycles. The van der Waals surface area contributed by atoms with Crippen LogP contribution in [0, 0.1) is 6.92 Å². The SMILES string of the molecule is Cc1sc(C(=O)O)cc1S(=O)(=O)NC1CCOC1=O. The van der Waals surface area contributed by atoms with Crippen molar-refractivity contribution in [3.63, 3.8) is 0 Å². The number of hydrogen-bond donors (Lipinski definition) is 2. The Morgan fingerprint density at radius 1 is 1.58 bits per heavy atom. The van der Waals surface area contributed by atoms with Crippen LogP contribution in [0.25, 0.3) is 0 Å². The zero-order valence-electron chi connectivity index (χ0n) is 9.87. The van der Waals surface area contributed by atoms with E-state index in [4.69, 9.17) is 5.11 Å². The zero-order chi connectivity index (χ0) is 14.2. The van der Waals surface area contributed by atoms with Crippen molar-refractivity contribution in [3.8, 4) is 0 Å². The summed E-state index contributed by atoms with van der Waals surface area (Å²) in [5, 5.41) is 8.84. The molecule has 0 bridgehead atoms. The third kappa shape index (κ3) is 2.77. The highest BCUT2D eigenvalue weighted by atomic mass is 32.2. The van der Waals surface area contributed by atoms with Gasteiger partial charge in [-0.25, -0.2) is 13.2 Å². The van der Waals surface area contributed by atoms with Crippen molar-refractivity contribution in [1.82, 2.24) is 4.72 Å². The molecular formula is C10H11NO6S2. The average molecular weight is 305 g/mol. The molecule has 0 radical (unpaired) electrons. The molecule has 1 aromatic heterocycles. The predicted molar refractivity (Wildman–Crippen MR) is 65.7 cm³/mol. The van der Waals surface area contributed by atoms with E-state index in [1.807, 2.05) is 0 Å². The Morgan fingerprint density at radius 3 is 2.74 bits per heavy atom. The van der Waals surface area contributed by atoms with Crippen LogP contribution in [-0.2, 0) is 19.6 Å². The fraction of sp³-hybridized carbons (Fsp3) is 0.400. The van der Waals surface area contributed by atoms with Gasteiger partial charge in [0.2, 0.25) is 10.0 Å². The van der Waals surface area contributed by atoms with Crippen LogP contribution >= 0.6 is 11.3 Å². The van der Waals surface area contributed by atoms with Gasteiger partial charge in [0.15, 0.2) is 0 Å². The number of ether oxygens (including phenoxy) is 1. The highest BCUT2D eigenvalue weighted by Gasteiger charge is 2.32. The first-order chi connectivity index (χ1) is 8.81. The Balaban J connectivity index is 2.29. The summed E-state index contributed by atoms with van der Waals surface area (Å²) in [4.78, 5) is 22.2. The largest absolute Gasteiger partial charge is 0.477 e. The first kappa shape index (κ1) is 14.0. The van der Waals surface area contributed by atoms with Gasteiger partial charge in [-0.05, 0) is 13.0 Å². The highest BCUT2D eigenvalue weighted by molar-refractivity contribution is 7.89. The molecule has 1 aromatic rings. The quantitative estimate of drug-likeness (QED) is 0.777. The number of carboxylic acids is 1. The molecule has 1 saturated heterocycles. The van der Waals surface area contributed by atoms with Crippen molar-refractivity contribution in [1.29, 1.82) is 0 Å². The number of nitrogens with one attached hydrogen (secondary N) is 1. The second-order valence-corrected chi connectivity index (χ2v) is 6.91. The van der Waals surface area contributed by atoms with E-state index in [1.54, 1.807) is 0 Å². The molecule has 2 heterocycles. The lowest BCUT2D eigenvalue weighted by molar-refractivity contribution is -0.139. The van der Waals surface area contributed by atoms with E-state index in [0.717, 1.165) is 17.4 Å². The molecule has 0 spiro atoms. The van der Waals surface area contributed by atoms with E-state index in [2.05, 4.69) is 9.46 Å². The summed E-state index contributed by atoms with van der Waals surface area (Å²) >= 11 is 0.873. The van der Waals surface area contributed by atoms with Gasteiger partial charge in [0.25, 0.3) is 0 Å². The first-order valence-corrected chi connectivity index (χ1v) is 7.64. The Labute approximate surface area is 113 Å². The number of thiophene rings is 1. The molecule has 2 N–H and O–H groups in total. The van der Waals surface area contributed by atoms with Gasteiger partial charge in [0.1, 0.15) is 10.9 Å². The lowest BCUT2D eigenvalue weighted by Crippen LogP contribution is -2.37. The van der Waals surface area contributed by atoms with Gasteiger partial charge < -0.3 is 9.84 Å². The van der Waals surface area contributed by atoms with Crippen LogP contribution in [0.4, 0.5) is 0 Å². The van der Waals surface area contributed by atoms with Gasteiger partial charge in [-0.15, -0.1) is 11.3 Å². The second kappa shape index (κ2) is 4.91. The highest BCUT2D eigenvalue weighted by Crippen LogP contribution is 2.26. The van der Waals surface area contributed by atoms with Crippen LogP contribution in [0.2, 0.25) is 0 Å². The maximum absolute atomic E-state index is 12.1. The minimum Gasteiger partial charge on any atom is -0.477 e. The lowest BCUT2D eigenvalue weighted by atomic mass is 10.3. The third-order valence-corrected chi connectivity index (χ3v) is 5.37. The van der Waals surface area contributed by atoms with E-state index in [1.165, 1.54) is 6.92 Å². The number of hydrogen-bond acceptors (Lipinski definition) is 6. The molecule has 1 unspecified atom stereocenters. The van der Waals surface area contributed by atoms with Crippen molar-refractivity contribution in [2.45, 2.75) is 24.3 Å². The molecule has 9 heteroatoms. The molecule has 0 amide bonds. The molecule has 104 valence electrons. The number of aromatic carboxylic acids is 1. The Kier molecular flexibility index (Phi) is 3.61. The molecule has 0 aromatic carbocycles. The molecular weight excluding hydrogens is 294 g/mol. The number of cyclic esters (lactones) is 1. The van der Waals surface area contributed by atoms with Crippen LogP contribution in [0.15, 0.2) is 11.0 Å². The van der Waals surface area contributed by atoms with Gasteiger partial charge in [-0.2, -0.15) is 4.72 Å². The van der Waals surface area contributed by atoms with Crippen molar-refractivity contribution in [3.05, 3.63) is 15.8 Å². The molecule has 19 heavy (non-hydrogen) atoms. The van der Waals surface area contributed by atoms with Crippen molar-refractivity contribution in [2.24, 2.45) is 0 Å². The number of rotatable bonds is 4. The van der Waals surface area contributed by atoms with Gasteiger partial charge in [-0.1, -0.05) is 0 Å². The van der Waals surface area contributed by atoms with Crippen LogP contribution in [0.1, 0.15) is 21.0 Å². The summed E-state index contributed by atoms with van der Waals surface area (Å²) in [5.41, 5.74) is 0. The number of carbonyl (C=O) groups excluding carboxylic acids is 1. The van der Waals surface area contributed by atoms with Crippen LogP contribution < -0.4 is 4.72 Å². The van der Waals surface area contributed by atoms with E-state index >= 15 is 0 Å². The molecule has 1 aliphatic heterocycles. The summed E-state index contributed by atoms with van der Waals surface area (Å²) < 4.78 is 31.1. The van der Waals surface area contributed by atoms with Crippen molar-refractivity contribution >= 4 is 33.3 Å². The average Bonchev–Trinajstić information content (AvgIpc) is 2.86. The van der Waals surface area contributed by atoms with Crippen molar-refractivity contribution < 1.29 is 27.9 Å². The Hall–Kier alpha value is -1.45. The van der Waals surface area contributed by atoms with Crippen LogP contribution in [0.3, 0.4) is 0 Å². The fourth-order valence-electron chi connectivity index (χ4n) is 1.69. The lowest BCUT2D eigenvalue weighted by Gasteiger charge is -2.09. The molecule has 2 rings (SSSR count). The summed E-state index contributed by atoms with van der Waals surface area (Å²) in [7, 11) is -3.92. The third-order valence-electron chi connectivity index (χ3n) is 2.61. The summed E-state index contributed by atoms with van der Waals surface area (Å²) in [6.07, 6.45) is 0.271. The Morgan fingerprint density at radius 2 is 2.26 bits per heavy atom. The standard InChI is InChI=1S/C10H11NO6S2/c1-5-8(4-7(18-5)9(12)13)19(15,16)11-6-2-3-17-10(6)14/h4,6,11H,2-3H2,1H3,(H,12,13). The number of esters is 1. The maximum atomic E-state index is 12.1. The first-order valence-electron chi connectivity index (χ1n) is 5.34. The van der Waals surface area contributed by atoms with Gasteiger partial charge in [-0.3, -0.25) is 4.79 Å². The van der Waals surface area contributed by atoms with E-state index in [0.29, 0.717) is 4.88 Å². The zero-order valence-corrected chi connectivity index (χ0v) is 11.5. The number of sulfonamides is 1. The molecule has 7 nitrogen and oxygen atoms in total. The maximum Gasteiger partial charge on any atom is 0.345 e. The number of carbonyl (C=O) groups is 2. The minimum atomic E-state index is -3.92. The van der Waals surface area contributed by atoms with Gasteiger partial charge in [0, 0.05) is 11.3 Å². The molecule has 1 aliphatic rings. The van der Waals surface area contributed by atoms with Gasteiger partial charge in [0.05, 0.1) is 11.5 Å². The second-order valence-electron chi connectivity index (χ2n) is 3.97. The number of carboxylic acid groups (broad SMARTS) is 1. The Bertz CT molecular complexity index is 632. The van der Waals surface area contributed by atoms with E-state index in [9.17, 15) is 18.0 Å². The van der Waals surface area contributed by atoms with Crippen LogP contribution in [-0.4, -0.2) is 38.1 Å². The molecule has 1 fully saturated rings. The normalized spacial score (nSPS) is 19.4. The summed E-state index contributed by atoms with van der Waals surface area (Å²) in [6, 6.07) is 0.183. The number of aryl methyl sites for hydroxylation is 1. The smallest absolute Gasteiger partial charge is 0.345 e. The molecule has 0 aliphatic carbocycles.